The van der Waals surface area contributed by atoms with E-state index in [1.54, 1.807) is 50.6 Å². The lowest BCUT2D eigenvalue weighted by molar-refractivity contribution is -0.908. The molecule has 0 aliphatic carbocycles. The van der Waals surface area contributed by atoms with E-state index >= 15 is 0 Å². The van der Waals surface area contributed by atoms with E-state index in [9.17, 15) is 19.2 Å². The quantitative estimate of drug-likeness (QED) is 0.271. The molecule has 0 spiro atoms. The Hall–Kier alpha value is -4.47. The molecule has 0 aliphatic heterocycles. The minimum Gasteiger partial charge on any atom is -0.493 e. The van der Waals surface area contributed by atoms with Gasteiger partial charge in [-0.15, -0.1) is 0 Å². The molecule has 0 saturated carbocycles. The van der Waals surface area contributed by atoms with Crippen LogP contribution in [0.3, 0.4) is 0 Å². The second-order valence-corrected chi connectivity index (χ2v) is 8.32. The summed E-state index contributed by atoms with van der Waals surface area (Å²) < 4.78 is 21.0. The summed E-state index contributed by atoms with van der Waals surface area (Å²) in [5.74, 6) is -0.986. The smallest absolute Gasteiger partial charge is 0.254 e. The fourth-order valence-electron chi connectivity index (χ4n) is 4.08. The van der Waals surface area contributed by atoms with Gasteiger partial charge in [0, 0.05) is 36.9 Å². The number of benzene rings is 2. The molecule has 0 fully saturated rings. The SMILES string of the molecule is CCOc1cc(C(=O)N(C)Cc2c[n+](O)c(C)c3cn[nH]c23)ccc1-c1ccc(F)c(C(=O)NC)c1. The summed E-state index contributed by atoms with van der Waals surface area (Å²) in [6.07, 6.45) is 3.17. The van der Waals surface area contributed by atoms with Gasteiger partial charge < -0.3 is 15.0 Å². The van der Waals surface area contributed by atoms with Crippen LogP contribution in [0.5, 0.6) is 5.75 Å². The third kappa shape index (κ3) is 4.57. The number of ether oxygens (including phenoxy) is 1. The van der Waals surface area contributed by atoms with Crippen molar-refractivity contribution in [2.45, 2.75) is 20.4 Å². The second kappa shape index (κ2) is 10.0. The highest BCUT2D eigenvalue weighted by atomic mass is 19.1. The predicted molar refractivity (Wildman–Crippen MR) is 130 cm³/mol. The van der Waals surface area contributed by atoms with E-state index in [2.05, 4.69) is 15.5 Å². The summed E-state index contributed by atoms with van der Waals surface area (Å²) in [4.78, 5) is 26.8. The Bertz CT molecular complexity index is 1470. The zero-order chi connectivity index (χ0) is 26.0. The highest BCUT2D eigenvalue weighted by Crippen LogP contribution is 2.33. The maximum Gasteiger partial charge on any atom is 0.254 e. The average Bonchev–Trinajstić information content (AvgIpc) is 3.37. The second-order valence-electron chi connectivity index (χ2n) is 8.32. The number of amides is 2. The Morgan fingerprint density at radius 3 is 2.75 bits per heavy atom. The van der Waals surface area contributed by atoms with Gasteiger partial charge in [-0.2, -0.15) is 5.10 Å². The predicted octanol–water partition coefficient (Wildman–Crippen LogP) is 3.23. The van der Waals surface area contributed by atoms with E-state index in [4.69, 9.17) is 4.74 Å². The van der Waals surface area contributed by atoms with E-state index in [0.29, 0.717) is 40.3 Å². The van der Waals surface area contributed by atoms with Crippen LogP contribution in [0.25, 0.3) is 22.0 Å². The maximum atomic E-state index is 14.2. The van der Waals surface area contributed by atoms with Crippen molar-refractivity contribution in [1.82, 2.24) is 20.4 Å². The molecule has 0 saturated heterocycles. The van der Waals surface area contributed by atoms with Crippen molar-refractivity contribution in [3.05, 3.63) is 77.0 Å². The summed E-state index contributed by atoms with van der Waals surface area (Å²) in [7, 11) is 3.10. The molecule has 10 heteroatoms. The highest BCUT2D eigenvalue weighted by Gasteiger charge is 2.22. The molecule has 186 valence electrons. The zero-order valence-corrected chi connectivity index (χ0v) is 20.4. The molecule has 4 aromatic rings. The number of aryl methyl sites for hydroxylation is 1. The molecule has 0 atom stereocenters. The average molecular weight is 493 g/mol. The first kappa shape index (κ1) is 24.6. The zero-order valence-electron chi connectivity index (χ0n) is 20.4. The molecule has 2 heterocycles. The monoisotopic (exact) mass is 492 g/mol. The molecule has 0 unspecified atom stereocenters. The number of rotatable bonds is 7. The summed E-state index contributed by atoms with van der Waals surface area (Å²) >= 11 is 0. The molecule has 2 amide bonds. The van der Waals surface area contributed by atoms with Crippen LogP contribution in [0.15, 0.2) is 48.8 Å². The van der Waals surface area contributed by atoms with Crippen LogP contribution in [-0.2, 0) is 6.54 Å². The van der Waals surface area contributed by atoms with Crippen molar-refractivity contribution >= 4 is 22.7 Å². The summed E-state index contributed by atoms with van der Waals surface area (Å²) in [5.41, 5.74) is 3.59. The van der Waals surface area contributed by atoms with Gasteiger partial charge in [0.1, 0.15) is 11.6 Å². The van der Waals surface area contributed by atoms with Gasteiger partial charge in [-0.25, -0.2) is 4.39 Å². The van der Waals surface area contributed by atoms with Crippen LogP contribution < -0.4 is 14.8 Å². The molecule has 36 heavy (non-hydrogen) atoms. The minimum absolute atomic E-state index is 0.0818. The van der Waals surface area contributed by atoms with E-state index < -0.39 is 11.7 Å². The number of halogens is 1. The van der Waals surface area contributed by atoms with Gasteiger partial charge in [0.15, 0.2) is 0 Å². The van der Waals surface area contributed by atoms with E-state index in [1.807, 2.05) is 6.92 Å². The van der Waals surface area contributed by atoms with Gasteiger partial charge in [0.25, 0.3) is 11.8 Å². The van der Waals surface area contributed by atoms with Crippen LogP contribution in [0.4, 0.5) is 4.39 Å². The lowest BCUT2D eigenvalue weighted by atomic mass is 9.99. The number of carbonyl (C=O) groups is 2. The molecule has 0 aliphatic rings. The van der Waals surface area contributed by atoms with Crippen molar-refractivity contribution in [2.75, 3.05) is 20.7 Å². The van der Waals surface area contributed by atoms with Crippen molar-refractivity contribution in [3.63, 3.8) is 0 Å². The number of nitrogens with one attached hydrogen (secondary N) is 2. The van der Waals surface area contributed by atoms with Crippen LogP contribution in [-0.4, -0.2) is 52.8 Å². The topological polar surface area (TPSA) is 111 Å². The Morgan fingerprint density at radius 2 is 2.03 bits per heavy atom. The van der Waals surface area contributed by atoms with Crippen LogP contribution >= 0.6 is 0 Å². The summed E-state index contributed by atoms with van der Waals surface area (Å²) in [6.45, 7) is 4.16. The molecule has 3 N–H and O–H groups in total. The molecule has 2 aromatic carbocycles. The molecule has 2 aromatic heterocycles. The Balaban J connectivity index is 1.65. The third-order valence-electron chi connectivity index (χ3n) is 6.00. The molecule has 4 rings (SSSR count). The third-order valence-corrected chi connectivity index (χ3v) is 6.00. The molecule has 9 nitrogen and oxygen atoms in total. The minimum atomic E-state index is -0.629. The first-order valence-corrected chi connectivity index (χ1v) is 11.4. The van der Waals surface area contributed by atoms with Gasteiger partial charge in [-0.1, -0.05) is 6.07 Å². The van der Waals surface area contributed by atoms with Crippen molar-refractivity contribution in [3.8, 4) is 16.9 Å². The van der Waals surface area contributed by atoms with Crippen molar-refractivity contribution in [1.29, 1.82) is 0 Å². The van der Waals surface area contributed by atoms with Crippen LogP contribution in [0.1, 0.15) is 38.9 Å². The maximum absolute atomic E-state index is 14.2. The number of nitrogens with zero attached hydrogens (tertiary/aromatic N) is 3. The Labute approximate surface area is 207 Å². The molecule has 0 bridgehead atoms. The van der Waals surface area contributed by atoms with Gasteiger partial charge in [0.2, 0.25) is 11.9 Å². The number of aromatic amines is 1. The molecule has 0 radical (unpaired) electrons. The van der Waals surface area contributed by atoms with Crippen LogP contribution in [0, 0.1) is 12.7 Å². The number of hydrogen-bond acceptors (Lipinski definition) is 5. The standard InChI is InChI=1S/C26H26FN5O4/c1-5-36-23-11-17(6-8-19(23)16-7-9-22(27)20(10-16)25(33)28-3)26(34)31(4)13-18-14-32(35)15(2)21-12-29-30-24(18)21/h6-12,14,35H,5,13H2,1-4H3,(H,28,33)/p+1. The Morgan fingerprint density at radius 1 is 1.25 bits per heavy atom. The number of hydrogen-bond donors (Lipinski definition) is 3. The number of pyridine rings is 1. The summed E-state index contributed by atoms with van der Waals surface area (Å²) in [5, 5.41) is 20.4. The molecular formula is C26H27FN5O4+. The van der Waals surface area contributed by atoms with Crippen molar-refractivity contribution in [2.24, 2.45) is 0 Å². The first-order chi connectivity index (χ1) is 17.2. The van der Waals surface area contributed by atoms with Gasteiger partial charge >= 0.3 is 0 Å². The summed E-state index contributed by atoms with van der Waals surface area (Å²) in [6, 6.07) is 9.25. The highest BCUT2D eigenvalue weighted by molar-refractivity contribution is 5.97. The van der Waals surface area contributed by atoms with E-state index in [-0.39, 0.29) is 18.0 Å². The largest absolute Gasteiger partial charge is 0.493 e. The van der Waals surface area contributed by atoms with Crippen molar-refractivity contribution < 1.29 is 28.7 Å². The van der Waals surface area contributed by atoms with Gasteiger partial charge in [-0.05, 0) is 42.8 Å². The van der Waals surface area contributed by atoms with E-state index in [0.717, 1.165) is 15.6 Å². The Kier molecular flexibility index (Phi) is 6.86. The van der Waals surface area contributed by atoms with Gasteiger partial charge in [-0.3, -0.25) is 19.9 Å². The lowest BCUT2D eigenvalue weighted by Gasteiger charge is -2.19. The lowest BCUT2D eigenvalue weighted by Crippen LogP contribution is -2.35. The number of carbonyl (C=O) groups excluding carboxylic acids is 2. The van der Waals surface area contributed by atoms with Crippen LogP contribution in [0.2, 0.25) is 0 Å². The first-order valence-electron chi connectivity index (χ1n) is 11.4. The fourth-order valence-corrected chi connectivity index (χ4v) is 4.08. The fraction of sp³-hybridized carbons (Fsp3) is 0.231. The number of H-pyrrole nitrogens is 1. The van der Waals surface area contributed by atoms with Gasteiger partial charge in [0.05, 0.1) is 41.4 Å². The number of aromatic nitrogens is 3. The number of fused-ring (bicyclic) bond motifs is 1. The normalized spacial score (nSPS) is 10.9. The molecular weight excluding hydrogens is 465 g/mol. The van der Waals surface area contributed by atoms with E-state index in [1.165, 1.54) is 24.1 Å².